The number of fused-ring (bicyclic) bond motifs is 1. The van der Waals surface area contributed by atoms with Crippen molar-refractivity contribution in [1.29, 1.82) is 0 Å². The molecule has 0 spiro atoms. The highest BCUT2D eigenvalue weighted by Gasteiger charge is 2.17. The van der Waals surface area contributed by atoms with Crippen LogP contribution in [-0.4, -0.2) is 16.3 Å². The first-order valence-corrected chi connectivity index (χ1v) is 7.37. The molecule has 0 aliphatic heterocycles. The molecule has 4 nitrogen and oxygen atoms in total. The summed E-state index contributed by atoms with van der Waals surface area (Å²) in [4.78, 5) is 0. The van der Waals surface area contributed by atoms with E-state index >= 15 is 0 Å². The number of nitrogens with one attached hydrogen (secondary N) is 1. The van der Waals surface area contributed by atoms with Crippen LogP contribution in [0.25, 0.3) is 11.0 Å². The van der Waals surface area contributed by atoms with Crippen molar-refractivity contribution >= 4 is 11.0 Å². The first kappa shape index (κ1) is 13.9. The van der Waals surface area contributed by atoms with E-state index in [9.17, 15) is 0 Å². The average molecular weight is 283 g/mol. The van der Waals surface area contributed by atoms with Gasteiger partial charge in [-0.2, -0.15) is 5.10 Å². The minimum Gasteiger partial charge on any atom is -0.459 e. The number of likely N-dealkylation sites (N-methyl/N-ethyl adjacent to an activating group) is 1. The van der Waals surface area contributed by atoms with Crippen LogP contribution in [0.5, 0.6) is 0 Å². The van der Waals surface area contributed by atoms with Gasteiger partial charge >= 0.3 is 0 Å². The predicted molar refractivity (Wildman–Crippen MR) is 84.3 cm³/mol. The Morgan fingerprint density at radius 3 is 2.86 bits per heavy atom. The highest BCUT2D eigenvalue weighted by Crippen LogP contribution is 2.26. The number of hydrogen-bond acceptors (Lipinski definition) is 3. The molecule has 1 aromatic carbocycles. The smallest absolute Gasteiger partial charge is 0.134 e. The maximum Gasteiger partial charge on any atom is 0.134 e. The molecule has 21 heavy (non-hydrogen) atoms. The summed E-state index contributed by atoms with van der Waals surface area (Å²) in [5, 5.41) is 9.11. The van der Waals surface area contributed by atoms with E-state index in [0.717, 1.165) is 35.4 Å². The van der Waals surface area contributed by atoms with E-state index in [4.69, 9.17) is 4.42 Å². The molecule has 2 aromatic heterocycles. The molecule has 0 aliphatic carbocycles. The van der Waals surface area contributed by atoms with E-state index in [1.54, 1.807) is 0 Å². The molecule has 1 N–H and O–H groups in total. The largest absolute Gasteiger partial charge is 0.459 e. The SMILES string of the molecule is CCNC(Cc1ccn(C)n1)c1cc2cc(C)ccc2o1. The Morgan fingerprint density at radius 1 is 1.29 bits per heavy atom. The lowest BCUT2D eigenvalue weighted by atomic mass is 10.1. The van der Waals surface area contributed by atoms with Crippen LogP contribution in [-0.2, 0) is 13.5 Å². The minimum absolute atomic E-state index is 0.151. The summed E-state index contributed by atoms with van der Waals surface area (Å²) in [6.07, 6.45) is 2.80. The third-order valence-corrected chi connectivity index (χ3v) is 3.67. The molecule has 1 unspecified atom stereocenters. The maximum atomic E-state index is 6.02. The molecule has 0 amide bonds. The van der Waals surface area contributed by atoms with Gasteiger partial charge in [0.1, 0.15) is 11.3 Å². The first-order chi connectivity index (χ1) is 10.2. The van der Waals surface area contributed by atoms with Crippen LogP contribution in [0.4, 0.5) is 0 Å². The van der Waals surface area contributed by atoms with Crippen LogP contribution in [0, 0.1) is 6.92 Å². The van der Waals surface area contributed by atoms with Gasteiger partial charge in [0.05, 0.1) is 11.7 Å². The summed E-state index contributed by atoms with van der Waals surface area (Å²) in [7, 11) is 1.94. The van der Waals surface area contributed by atoms with E-state index in [1.165, 1.54) is 5.56 Å². The molecule has 0 saturated carbocycles. The molecule has 3 rings (SSSR count). The third-order valence-electron chi connectivity index (χ3n) is 3.67. The van der Waals surface area contributed by atoms with Crippen LogP contribution < -0.4 is 5.32 Å². The van der Waals surface area contributed by atoms with Crippen LogP contribution in [0.15, 0.2) is 40.9 Å². The molecular weight excluding hydrogens is 262 g/mol. The van der Waals surface area contributed by atoms with E-state index in [2.05, 4.69) is 48.5 Å². The van der Waals surface area contributed by atoms with Crippen molar-refractivity contribution in [3.05, 3.63) is 53.5 Å². The molecule has 0 fully saturated rings. The normalized spacial score (nSPS) is 12.9. The van der Waals surface area contributed by atoms with E-state index in [-0.39, 0.29) is 6.04 Å². The van der Waals surface area contributed by atoms with Gasteiger partial charge in [0, 0.05) is 25.1 Å². The number of rotatable bonds is 5. The second-order valence-electron chi connectivity index (χ2n) is 5.49. The first-order valence-electron chi connectivity index (χ1n) is 7.37. The van der Waals surface area contributed by atoms with Gasteiger partial charge in [-0.25, -0.2) is 0 Å². The monoisotopic (exact) mass is 283 g/mol. The van der Waals surface area contributed by atoms with Crippen molar-refractivity contribution in [2.75, 3.05) is 6.54 Å². The fourth-order valence-corrected chi connectivity index (χ4v) is 2.66. The van der Waals surface area contributed by atoms with Crippen LogP contribution in [0.2, 0.25) is 0 Å². The highest BCUT2D eigenvalue weighted by atomic mass is 16.3. The van der Waals surface area contributed by atoms with Gasteiger partial charge < -0.3 is 9.73 Å². The Morgan fingerprint density at radius 2 is 2.14 bits per heavy atom. The number of aromatic nitrogens is 2. The molecular formula is C17H21N3O. The van der Waals surface area contributed by atoms with Crippen molar-refractivity contribution in [2.24, 2.45) is 7.05 Å². The van der Waals surface area contributed by atoms with Crippen molar-refractivity contribution in [3.63, 3.8) is 0 Å². The van der Waals surface area contributed by atoms with Crippen LogP contribution in [0.1, 0.15) is 30.0 Å². The molecule has 3 aromatic rings. The zero-order valence-corrected chi connectivity index (χ0v) is 12.8. The third kappa shape index (κ3) is 3.00. The van der Waals surface area contributed by atoms with Crippen molar-refractivity contribution in [1.82, 2.24) is 15.1 Å². The van der Waals surface area contributed by atoms with E-state index in [1.807, 2.05) is 24.0 Å². The van der Waals surface area contributed by atoms with Gasteiger partial charge in [0.15, 0.2) is 0 Å². The molecule has 0 aliphatic rings. The van der Waals surface area contributed by atoms with Crippen LogP contribution in [0.3, 0.4) is 0 Å². The van der Waals surface area contributed by atoms with Gasteiger partial charge in [0.25, 0.3) is 0 Å². The van der Waals surface area contributed by atoms with Crippen molar-refractivity contribution in [3.8, 4) is 0 Å². The summed E-state index contributed by atoms with van der Waals surface area (Å²) < 4.78 is 7.85. The minimum atomic E-state index is 0.151. The number of nitrogens with zero attached hydrogens (tertiary/aromatic N) is 2. The number of benzene rings is 1. The summed E-state index contributed by atoms with van der Waals surface area (Å²) >= 11 is 0. The molecule has 0 radical (unpaired) electrons. The lowest BCUT2D eigenvalue weighted by Crippen LogP contribution is -2.22. The van der Waals surface area contributed by atoms with Crippen molar-refractivity contribution in [2.45, 2.75) is 26.3 Å². The average Bonchev–Trinajstić information content (AvgIpc) is 3.04. The van der Waals surface area contributed by atoms with Gasteiger partial charge in [0.2, 0.25) is 0 Å². The molecule has 4 heteroatoms. The van der Waals surface area contributed by atoms with Gasteiger partial charge in [-0.05, 0) is 37.7 Å². The van der Waals surface area contributed by atoms with Gasteiger partial charge in [-0.1, -0.05) is 18.6 Å². The zero-order chi connectivity index (χ0) is 14.8. The zero-order valence-electron chi connectivity index (χ0n) is 12.8. The number of furan rings is 1. The second-order valence-corrected chi connectivity index (χ2v) is 5.49. The summed E-state index contributed by atoms with van der Waals surface area (Å²) in [6, 6.07) is 10.6. The number of hydrogen-bond donors (Lipinski definition) is 1. The molecule has 1 atom stereocenters. The van der Waals surface area contributed by atoms with Crippen LogP contribution >= 0.6 is 0 Å². The Kier molecular flexibility index (Phi) is 3.80. The molecule has 110 valence electrons. The summed E-state index contributed by atoms with van der Waals surface area (Å²) in [5.41, 5.74) is 3.26. The van der Waals surface area contributed by atoms with Gasteiger partial charge in [-0.15, -0.1) is 0 Å². The quantitative estimate of drug-likeness (QED) is 0.780. The summed E-state index contributed by atoms with van der Waals surface area (Å²) in [5.74, 6) is 0.975. The lowest BCUT2D eigenvalue weighted by Gasteiger charge is -2.13. The Bertz CT molecular complexity index is 741. The maximum absolute atomic E-state index is 6.02. The fraction of sp³-hybridized carbons (Fsp3) is 0.353. The molecule has 0 bridgehead atoms. The Labute approximate surface area is 124 Å². The number of aryl methyl sites for hydroxylation is 2. The van der Waals surface area contributed by atoms with E-state index < -0.39 is 0 Å². The highest BCUT2D eigenvalue weighted by molar-refractivity contribution is 5.78. The molecule has 0 saturated heterocycles. The Hall–Kier alpha value is -2.07. The van der Waals surface area contributed by atoms with Gasteiger partial charge in [-0.3, -0.25) is 4.68 Å². The standard InChI is InChI=1S/C17H21N3O/c1-4-18-15(11-14-7-8-20(3)19-14)17-10-13-9-12(2)5-6-16(13)21-17/h5-10,15,18H,4,11H2,1-3H3. The topological polar surface area (TPSA) is 43.0 Å². The Balaban J connectivity index is 1.90. The lowest BCUT2D eigenvalue weighted by molar-refractivity contribution is 0.431. The predicted octanol–water partition coefficient (Wildman–Crippen LogP) is 3.37. The van der Waals surface area contributed by atoms with Crippen molar-refractivity contribution < 1.29 is 4.42 Å². The molecule has 2 heterocycles. The fourth-order valence-electron chi connectivity index (χ4n) is 2.66. The summed E-state index contributed by atoms with van der Waals surface area (Å²) in [6.45, 7) is 5.10. The second kappa shape index (κ2) is 5.74. The van der Waals surface area contributed by atoms with E-state index in [0.29, 0.717) is 0 Å².